The summed E-state index contributed by atoms with van der Waals surface area (Å²) >= 11 is 11.2. The molecule has 0 spiro atoms. The number of hydrogen-bond acceptors (Lipinski definition) is 17. The number of nitrogens with two attached hydrogens (primary N) is 1. The lowest BCUT2D eigenvalue weighted by Gasteiger charge is -2.30. The van der Waals surface area contributed by atoms with Crippen molar-refractivity contribution in [1.29, 1.82) is 0 Å². The molecule has 3 saturated heterocycles. The van der Waals surface area contributed by atoms with Crippen LogP contribution in [0, 0.1) is 6.92 Å². The van der Waals surface area contributed by atoms with E-state index in [1.54, 1.807) is 6.92 Å². The molecule has 3 fully saturated rings. The predicted octanol–water partition coefficient (Wildman–Crippen LogP) is 0.328. The number of imidazole rings is 1. The fourth-order valence-electron chi connectivity index (χ4n) is 5.32. The van der Waals surface area contributed by atoms with Crippen molar-refractivity contribution in [3.63, 3.8) is 0 Å². The molecule has 0 saturated carbocycles. The van der Waals surface area contributed by atoms with E-state index in [2.05, 4.69) is 24.9 Å². The Kier molecular flexibility index (Phi) is 8.14. The minimum Gasteiger partial charge on any atom is -0.386 e. The van der Waals surface area contributed by atoms with Crippen LogP contribution >= 0.6 is 24.8 Å². The molecule has 3 aliphatic rings. The van der Waals surface area contributed by atoms with Gasteiger partial charge in [0, 0.05) is 0 Å². The van der Waals surface area contributed by atoms with Gasteiger partial charge in [-0.15, -0.1) is 0 Å². The first-order valence-electron chi connectivity index (χ1n) is 13.0. The highest BCUT2D eigenvalue weighted by atomic mass is 32.5. The van der Waals surface area contributed by atoms with Crippen molar-refractivity contribution >= 4 is 75.7 Å². The van der Waals surface area contributed by atoms with Crippen molar-refractivity contribution in [2.75, 3.05) is 18.9 Å². The third-order valence-corrected chi connectivity index (χ3v) is 11.6. The standard InChI is InChI=1S/C21H23FN8O10P2S3/c1-7-15-18(27-4-24-7)30(21(32)45-15)20-12(31)14-9(38-20)3-36-41(33,43)39-13-8(2-35-42(34,44)40-14)37-19(10(13)22)29-6-28-11-16(23)25-5-26-17(11)29/h4-6,8-10,12-14,19-20,31H,2-3H2,1H3,(H,33,43)(H,34,44)(H2,23,25,26)/t8-,9-,10-,12-,13-,14-,19-,20-,41?,42?/m1/s1. The van der Waals surface area contributed by atoms with Crippen molar-refractivity contribution in [3.8, 4) is 0 Å². The number of hydrogen-bond donors (Lipinski definition) is 4. The highest BCUT2D eigenvalue weighted by molar-refractivity contribution is 8.07. The minimum absolute atomic E-state index is 0.0632. The van der Waals surface area contributed by atoms with E-state index in [1.165, 1.54) is 23.5 Å². The summed E-state index contributed by atoms with van der Waals surface area (Å²) in [5, 5.41) is 11.3. The fraction of sp³-hybridized carbons (Fsp3) is 0.524. The quantitative estimate of drug-likeness (QED) is 0.204. The molecule has 7 rings (SSSR count). The second-order valence-corrected chi connectivity index (χ2v) is 16.7. The summed E-state index contributed by atoms with van der Waals surface area (Å²) in [7, 11) is 0. The number of nitrogens with zero attached hydrogens (tertiary/aromatic N) is 7. The SMILES string of the molecule is Cc1ncnc2c1sc(=O)n2[C@@H]1O[C@@H]2COP(O)(=S)O[C@H]3[C@@H](F)[C@H](n4cnc5c(N)ncnc54)O[C@@H]3COP(O)(=S)O[C@H]2[C@H]1O. The zero-order valence-corrected chi connectivity index (χ0v) is 26.9. The molecule has 0 bridgehead atoms. The summed E-state index contributed by atoms with van der Waals surface area (Å²) in [6.45, 7) is -7.92. The van der Waals surface area contributed by atoms with E-state index in [0.29, 0.717) is 10.4 Å². The second-order valence-electron chi connectivity index (χ2n) is 10.2. The van der Waals surface area contributed by atoms with Gasteiger partial charge in [0.25, 0.3) is 0 Å². The summed E-state index contributed by atoms with van der Waals surface area (Å²) in [5.74, 6) is 0.0632. The van der Waals surface area contributed by atoms with E-state index < -0.39 is 80.7 Å². The van der Waals surface area contributed by atoms with Crippen LogP contribution in [0.2, 0.25) is 0 Å². The van der Waals surface area contributed by atoms with Gasteiger partial charge in [-0.2, -0.15) is 0 Å². The number of aryl methyl sites for hydroxylation is 1. The van der Waals surface area contributed by atoms with E-state index in [9.17, 15) is 19.7 Å². The maximum atomic E-state index is 16.0. The molecule has 4 aromatic heterocycles. The molecule has 2 unspecified atom stereocenters. The molecule has 0 aliphatic carbocycles. The molecule has 0 aromatic carbocycles. The predicted molar refractivity (Wildman–Crippen MR) is 160 cm³/mol. The number of fused-ring (bicyclic) bond motifs is 4. The number of thiazole rings is 1. The molecule has 7 heterocycles. The monoisotopic (exact) mass is 724 g/mol. The van der Waals surface area contributed by atoms with Gasteiger partial charge in [0.2, 0.25) is 0 Å². The Morgan fingerprint density at radius 1 is 0.978 bits per heavy atom. The number of nitrogen functional groups attached to an aromatic ring is 1. The van der Waals surface area contributed by atoms with Gasteiger partial charge < -0.3 is 39.1 Å². The Labute approximate surface area is 265 Å². The lowest BCUT2D eigenvalue weighted by atomic mass is 10.1. The van der Waals surface area contributed by atoms with Crippen molar-refractivity contribution in [2.45, 2.75) is 56.1 Å². The number of halogens is 1. The molecule has 4 aromatic rings. The van der Waals surface area contributed by atoms with Crippen LogP contribution in [0.4, 0.5) is 10.2 Å². The third kappa shape index (κ3) is 5.65. The lowest BCUT2D eigenvalue weighted by molar-refractivity contribution is -0.0592. The number of anilines is 1. The van der Waals surface area contributed by atoms with Crippen LogP contribution in [0.15, 0.2) is 23.8 Å². The average Bonchev–Trinajstić information content (AvgIpc) is 3.71. The van der Waals surface area contributed by atoms with E-state index in [1.807, 2.05) is 0 Å². The van der Waals surface area contributed by atoms with Crippen LogP contribution < -0.4 is 10.6 Å². The van der Waals surface area contributed by atoms with Gasteiger partial charge in [0.05, 0.1) is 29.9 Å². The van der Waals surface area contributed by atoms with Gasteiger partial charge >= 0.3 is 18.3 Å². The van der Waals surface area contributed by atoms with Crippen molar-refractivity contribution in [2.24, 2.45) is 0 Å². The van der Waals surface area contributed by atoms with Crippen molar-refractivity contribution < 1.29 is 46.9 Å². The topological polar surface area (TPSA) is 233 Å². The number of aromatic nitrogens is 7. The highest BCUT2D eigenvalue weighted by Gasteiger charge is 2.53. The summed E-state index contributed by atoms with van der Waals surface area (Å²) in [4.78, 5) is 54.7. The van der Waals surface area contributed by atoms with E-state index >= 15 is 4.39 Å². The molecule has 10 atom stereocenters. The molecule has 0 radical (unpaired) electrons. The summed E-state index contributed by atoms with van der Waals surface area (Å²) < 4.78 is 53.0. The van der Waals surface area contributed by atoms with Gasteiger partial charge in [0.15, 0.2) is 35.7 Å². The van der Waals surface area contributed by atoms with E-state index in [4.69, 9.17) is 56.9 Å². The molecule has 0 amide bonds. The normalized spacial score (nSPS) is 37.7. The number of ether oxygens (including phenoxy) is 2. The van der Waals surface area contributed by atoms with Crippen LogP contribution in [0.25, 0.3) is 21.5 Å². The number of rotatable bonds is 2. The van der Waals surface area contributed by atoms with Gasteiger partial charge in [-0.3, -0.25) is 23.0 Å². The Balaban J connectivity index is 1.18. The van der Waals surface area contributed by atoms with Crippen LogP contribution in [0.3, 0.4) is 0 Å². The maximum absolute atomic E-state index is 16.0. The number of aliphatic hydroxyl groups excluding tert-OH is 1. The fourth-order valence-corrected chi connectivity index (χ4v) is 9.11. The first-order valence-corrected chi connectivity index (χ1v) is 19.0. The van der Waals surface area contributed by atoms with Crippen LogP contribution in [0.5, 0.6) is 0 Å². The average molecular weight is 725 g/mol. The zero-order chi connectivity index (χ0) is 31.8. The lowest BCUT2D eigenvalue weighted by Crippen LogP contribution is -2.38. The van der Waals surface area contributed by atoms with Crippen LogP contribution in [-0.2, 0) is 51.2 Å². The minimum atomic E-state index is -4.24. The Bertz CT molecular complexity index is 1950. The molecular formula is C21H23FN8O10P2S3. The van der Waals surface area contributed by atoms with Crippen molar-refractivity contribution in [1.82, 2.24) is 34.1 Å². The molecule has 18 nitrogen and oxygen atoms in total. The number of alkyl halides is 1. The molecule has 45 heavy (non-hydrogen) atoms. The van der Waals surface area contributed by atoms with Crippen LogP contribution in [-0.4, -0.2) is 98.9 Å². The highest BCUT2D eigenvalue weighted by Crippen LogP contribution is 2.54. The number of aliphatic hydroxyl groups is 1. The van der Waals surface area contributed by atoms with Crippen LogP contribution in [0.1, 0.15) is 18.1 Å². The molecule has 242 valence electrons. The Morgan fingerprint density at radius 2 is 1.60 bits per heavy atom. The van der Waals surface area contributed by atoms with Gasteiger partial charge in [-0.05, 0) is 30.5 Å². The molecular weight excluding hydrogens is 701 g/mol. The van der Waals surface area contributed by atoms with Crippen molar-refractivity contribution in [3.05, 3.63) is 34.3 Å². The maximum Gasteiger partial charge on any atom is 0.325 e. The summed E-state index contributed by atoms with van der Waals surface area (Å²) in [6.07, 6.45) is -8.28. The Morgan fingerprint density at radius 3 is 2.33 bits per heavy atom. The molecule has 5 N–H and O–H groups in total. The molecule has 24 heteroatoms. The van der Waals surface area contributed by atoms with Gasteiger partial charge in [0.1, 0.15) is 48.7 Å². The first kappa shape index (κ1) is 31.6. The third-order valence-electron chi connectivity index (χ3n) is 7.38. The first-order chi connectivity index (χ1) is 21.3. The zero-order valence-electron chi connectivity index (χ0n) is 22.7. The van der Waals surface area contributed by atoms with Gasteiger partial charge in [-0.1, -0.05) is 11.3 Å². The smallest absolute Gasteiger partial charge is 0.325 e. The van der Waals surface area contributed by atoms with E-state index in [0.717, 1.165) is 15.9 Å². The van der Waals surface area contributed by atoms with E-state index in [-0.39, 0.29) is 22.6 Å². The summed E-state index contributed by atoms with van der Waals surface area (Å²) in [6, 6.07) is 0. The Hall–Kier alpha value is -2.01. The largest absolute Gasteiger partial charge is 0.386 e. The van der Waals surface area contributed by atoms with Gasteiger partial charge in [-0.25, -0.2) is 29.3 Å². The second kappa shape index (κ2) is 11.6. The molecule has 3 aliphatic heterocycles. The summed E-state index contributed by atoms with van der Waals surface area (Å²) in [5.41, 5.74) is 6.95.